The van der Waals surface area contributed by atoms with Crippen LogP contribution in [0.5, 0.6) is 11.5 Å². The number of benzene rings is 2. The Morgan fingerprint density at radius 2 is 1.84 bits per heavy atom. The molecular weight excluding hydrogens is 655 g/mol. The Hall–Kier alpha value is -2.79. The predicted octanol–water partition coefficient (Wildman–Crippen LogP) is 4.52. The van der Waals surface area contributed by atoms with Crippen LogP contribution in [0.1, 0.15) is 49.4 Å². The van der Waals surface area contributed by atoms with Crippen LogP contribution in [0.4, 0.5) is 18.9 Å². The van der Waals surface area contributed by atoms with Crippen molar-refractivity contribution in [3.8, 4) is 11.5 Å². The third kappa shape index (κ3) is 7.79. The van der Waals surface area contributed by atoms with Crippen molar-refractivity contribution in [2.24, 2.45) is 11.3 Å². The number of methoxy groups -OCH3 is 1. The van der Waals surface area contributed by atoms with Crippen LogP contribution >= 0.6 is 18.6 Å². The fraction of sp³-hybridized carbons (Fsp3) is 0.483. The molecule has 1 N–H and O–H groups in total. The van der Waals surface area contributed by atoms with Crippen molar-refractivity contribution in [1.29, 1.82) is 0 Å². The number of nitrogens with zero attached hydrogens (tertiary/aromatic N) is 1. The van der Waals surface area contributed by atoms with Gasteiger partial charge in [-0.05, 0) is 75.0 Å². The fourth-order valence-electron chi connectivity index (χ4n) is 5.32. The number of carbonyl (C=O) groups excluding carboxylic acids is 3. The molecule has 16 heteroatoms. The highest BCUT2D eigenvalue weighted by molar-refractivity contribution is 7.96. The number of nitrogens with one attached hydrogen (secondary N) is 1. The molecule has 0 bridgehead atoms. The molecule has 1 heterocycles. The number of hydrogen-bond acceptors (Lipinski definition) is 8. The maximum absolute atomic E-state index is 15.0. The Morgan fingerprint density at radius 1 is 1.16 bits per heavy atom. The third-order valence-electron chi connectivity index (χ3n) is 8.14. The van der Waals surface area contributed by atoms with E-state index in [2.05, 4.69) is 14.7 Å². The van der Waals surface area contributed by atoms with Crippen LogP contribution in [0, 0.1) is 17.2 Å². The third-order valence-corrected chi connectivity index (χ3v) is 11.2. The highest BCUT2D eigenvalue weighted by Crippen LogP contribution is 2.38. The summed E-state index contributed by atoms with van der Waals surface area (Å²) in [4.78, 5) is 33.7. The average molecular weight is 691 g/mol. The van der Waals surface area contributed by atoms with E-state index in [0.29, 0.717) is 25.7 Å². The molecule has 4 atom stereocenters. The van der Waals surface area contributed by atoms with E-state index < -0.39 is 54.7 Å². The van der Waals surface area contributed by atoms with E-state index in [1.54, 1.807) is 0 Å². The highest BCUT2D eigenvalue weighted by atomic mass is 32.2. The molecule has 2 amide bonds. The number of sulfone groups is 1. The number of alkyl halides is 2. The van der Waals surface area contributed by atoms with Crippen molar-refractivity contribution < 1.29 is 50.2 Å². The van der Waals surface area contributed by atoms with Crippen molar-refractivity contribution in [2.45, 2.75) is 61.1 Å². The maximum Gasteiger partial charge on any atom is 0.359 e. The van der Waals surface area contributed by atoms with Crippen LogP contribution in [0.25, 0.3) is 0 Å². The van der Waals surface area contributed by atoms with E-state index in [1.807, 2.05) is 6.92 Å². The van der Waals surface area contributed by atoms with Crippen molar-refractivity contribution >= 4 is 52.3 Å². The minimum absolute atomic E-state index is 0.0232. The molecule has 2 aliphatic rings. The minimum atomic E-state index is -5.03. The van der Waals surface area contributed by atoms with Crippen LogP contribution in [0.2, 0.25) is 0 Å². The van der Waals surface area contributed by atoms with E-state index in [9.17, 15) is 36.0 Å². The first kappa shape index (κ1) is 35.1. The molecule has 4 rings (SSSR count). The van der Waals surface area contributed by atoms with Crippen LogP contribution in [-0.4, -0.2) is 64.0 Å². The van der Waals surface area contributed by atoms with Gasteiger partial charge in [-0.25, -0.2) is 12.8 Å². The topological polar surface area (TPSA) is 128 Å². The van der Waals surface area contributed by atoms with E-state index in [0.717, 1.165) is 38.4 Å². The molecule has 1 aliphatic carbocycles. The number of hydrogen-bond donors (Lipinski definition) is 1. The molecule has 0 radical (unpaired) electrons. The van der Waals surface area contributed by atoms with Crippen molar-refractivity contribution in [3.63, 3.8) is 0 Å². The van der Waals surface area contributed by atoms with Crippen LogP contribution in [0.3, 0.4) is 0 Å². The molecule has 1 saturated heterocycles. The number of rotatable bonds is 10. The molecule has 2 unspecified atom stereocenters. The average Bonchev–Trinajstić information content (AvgIpc) is 3.02. The summed E-state index contributed by atoms with van der Waals surface area (Å²) in [6.07, 6.45) is 3.00. The molecule has 10 nitrogen and oxygen atoms in total. The molecule has 1 aliphatic heterocycles. The fourth-order valence-corrected chi connectivity index (χ4v) is 6.93. The standard InChI is InChI=1S/C29H35F3N2O8P2S/c1-28(16-35)9-6-18(7-10-28)42-25-13-21(24(40-2)14-22(25)30)26(36)33-23-15-41-11-8-20(23)27(37)34(44)17-4-3-5-19(12-17)45(38,39)29(31,32)43/h3-5,12-14,16,18,20,23H,6-11,15,43-44H2,1-2H3,(H,33,36)/t18?,20-,23+,28?/m1/s1. The Bertz CT molecular complexity index is 1550. The summed E-state index contributed by atoms with van der Waals surface area (Å²) in [7, 11) is -0.614. The number of aldehydes is 1. The maximum atomic E-state index is 15.0. The molecule has 2 aromatic carbocycles. The van der Waals surface area contributed by atoms with Crippen LogP contribution < -0.4 is 19.5 Å². The van der Waals surface area contributed by atoms with Gasteiger partial charge in [0, 0.05) is 23.8 Å². The van der Waals surface area contributed by atoms with E-state index in [4.69, 9.17) is 14.2 Å². The highest BCUT2D eigenvalue weighted by Gasteiger charge is 2.42. The first-order valence-electron chi connectivity index (χ1n) is 14.1. The second-order valence-electron chi connectivity index (χ2n) is 11.4. The minimum Gasteiger partial charge on any atom is -0.496 e. The van der Waals surface area contributed by atoms with Gasteiger partial charge in [-0.3, -0.25) is 14.3 Å². The van der Waals surface area contributed by atoms with E-state index in [-0.39, 0.29) is 48.5 Å². The molecule has 0 aromatic heterocycles. The summed E-state index contributed by atoms with van der Waals surface area (Å²) in [5.41, 5.74) is -0.469. The Labute approximate surface area is 264 Å². The first-order valence-corrected chi connectivity index (χ1v) is 16.7. The van der Waals surface area contributed by atoms with Gasteiger partial charge in [-0.15, -0.1) is 0 Å². The number of halogens is 3. The summed E-state index contributed by atoms with van der Waals surface area (Å²) in [5.74, 6) is -3.03. The van der Waals surface area contributed by atoms with Gasteiger partial charge in [-0.1, -0.05) is 13.0 Å². The summed E-state index contributed by atoms with van der Waals surface area (Å²) >= 11 is 0. The van der Waals surface area contributed by atoms with Gasteiger partial charge < -0.3 is 24.3 Å². The van der Waals surface area contributed by atoms with E-state index >= 15 is 0 Å². The number of anilines is 1. The number of carbonyl (C=O) groups is 3. The molecule has 2 fully saturated rings. The quantitative estimate of drug-likeness (QED) is 0.285. The smallest absolute Gasteiger partial charge is 0.359 e. The Morgan fingerprint density at radius 3 is 2.47 bits per heavy atom. The van der Waals surface area contributed by atoms with Crippen molar-refractivity contribution in [2.75, 3.05) is 25.0 Å². The Kier molecular flexibility index (Phi) is 10.8. The van der Waals surface area contributed by atoms with Gasteiger partial charge in [0.15, 0.2) is 11.6 Å². The van der Waals surface area contributed by atoms with Gasteiger partial charge in [0.2, 0.25) is 15.7 Å². The molecule has 2 aromatic rings. The van der Waals surface area contributed by atoms with Crippen molar-refractivity contribution in [1.82, 2.24) is 5.32 Å². The molecule has 45 heavy (non-hydrogen) atoms. The van der Waals surface area contributed by atoms with Gasteiger partial charge >= 0.3 is 5.00 Å². The predicted molar refractivity (Wildman–Crippen MR) is 166 cm³/mol. The summed E-state index contributed by atoms with van der Waals surface area (Å²) in [6, 6.07) is 5.99. The van der Waals surface area contributed by atoms with Crippen molar-refractivity contribution in [3.05, 3.63) is 47.8 Å². The second-order valence-corrected chi connectivity index (χ2v) is 15.1. The SMILES string of the molecule is COc1cc(F)c(OC2CCC(C)(C=O)CC2)cc1C(=O)N[C@H]1COCC[C@H]1C(=O)N(P)c1cccc(S(=O)(=O)C(F)(F)P)c1. The van der Waals surface area contributed by atoms with E-state index in [1.165, 1.54) is 25.3 Å². The summed E-state index contributed by atoms with van der Waals surface area (Å²) in [6.45, 7) is 2.01. The van der Waals surface area contributed by atoms with Gasteiger partial charge in [0.25, 0.3) is 5.91 Å². The molecule has 0 spiro atoms. The lowest BCUT2D eigenvalue weighted by molar-refractivity contribution is -0.125. The first-order chi connectivity index (χ1) is 21.1. The largest absolute Gasteiger partial charge is 0.496 e. The van der Waals surface area contributed by atoms with Crippen LogP contribution in [-0.2, 0) is 24.2 Å². The molecular formula is C29H35F3N2O8P2S. The lowest BCUT2D eigenvalue weighted by atomic mass is 9.76. The van der Waals surface area contributed by atoms with Gasteiger partial charge in [-0.2, -0.15) is 8.78 Å². The zero-order valence-electron chi connectivity index (χ0n) is 24.6. The normalized spacial score (nSPS) is 23.9. The Balaban J connectivity index is 1.52. The van der Waals surface area contributed by atoms with Crippen LogP contribution in [0.15, 0.2) is 41.3 Å². The molecule has 246 valence electrons. The molecule has 1 saturated carbocycles. The monoisotopic (exact) mass is 690 g/mol. The lowest BCUT2D eigenvalue weighted by Crippen LogP contribution is -2.51. The van der Waals surface area contributed by atoms with Gasteiger partial charge in [0.05, 0.1) is 42.2 Å². The summed E-state index contributed by atoms with van der Waals surface area (Å²) in [5, 5.41) is 2.76. The summed E-state index contributed by atoms with van der Waals surface area (Å²) < 4.78 is 84.6. The zero-order valence-corrected chi connectivity index (χ0v) is 27.8. The lowest BCUT2D eigenvalue weighted by Gasteiger charge is -2.34. The number of amides is 2. The zero-order chi connectivity index (χ0) is 33.2. The number of ether oxygens (including phenoxy) is 3. The second kappa shape index (κ2) is 13.9. The van der Waals surface area contributed by atoms with Gasteiger partial charge in [0.1, 0.15) is 12.0 Å².